The first-order valence-corrected chi connectivity index (χ1v) is 16.3. The zero-order valence-corrected chi connectivity index (χ0v) is 25.6. The highest BCUT2D eigenvalue weighted by Gasteiger charge is 2.30. The number of benzene rings is 3. The number of aryl methyl sites for hydroxylation is 1. The fourth-order valence-electron chi connectivity index (χ4n) is 4.65. The van der Waals surface area contributed by atoms with Gasteiger partial charge in [0.05, 0.1) is 11.9 Å². The van der Waals surface area contributed by atoms with Gasteiger partial charge in [0.15, 0.2) is 0 Å². The summed E-state index contributed by atoms with van der Waals surface area (Å²) in [5.41, 5.74) is 3.42. The molecule has 0 aliphatic rings. The van der Waals surface area contributed by atoms with E-state index in [4.69, 9.17) is 11.6 Å². The normalized spacial score (nSPS) is 12.0. The van der Waals surface area contributed by atoms with Crippen molar-refractivity contribution >= 4 is 39.1 Å². The Morgan fingerprint density at radius 2 is 1.59 bits per heavy atom. The van der Waals surface area contributed by atoms with Crippen LogP contribution in [0, 0.1) is 0 Å². The first-order valence-electron chi connectivity index (χ1n) is 14.0. The largest absolute Gasteiger partial charge is 0.354 e. The van der Waals surface area contributed by atoms with E-state index < -0.39 is 16.1 Å². The molecule has 0 bridgehead atoms. The number of hydrogen-bond acceptors (Lipinski definition) is 4. The minimum atomic E-state index is -3.56. The summed E-state index contributed by atoms with van der Waals surface area (Å²) in [6.45, 7) is 4.86. The van der Waals surface area contributed by atoms with Gasteiger partial charge in [0.25, 0.3) is 0 Å². The van der Waals surface area contributed by atoms with Gasteiger partial charge in [-0.3, -0.25) is 13.9 Å². The molecular weight excluding hydrogens is 558 g/mol. The van der Waals surface area contributed by atoms with Crippen LogP contribution in [0.3, 0.4) is 0 Å². The van der Waals surface area contributed by atoms with Crippen molar-refractivity contribution in [3.05, 3.63) is 101 Å². The number of nitrogens with one attached hydrogen (secondary N) is 1. The standard InChI is InChI=1S/C32H40ClN3O4S/c1-4-20-34-32(38)30(23-26-11-7-6-8-12-26)35(24-27-13-9-14-28(33)22-27)31(37)15-10-21-36(41(3,39)40)29-18-16-25(5-2)17-19-29/h6-9,11-14,16-19,22,30H,4-5,10,15,20-21,23-24H2,1-3H3,(H,34,38)/t30-/m1/s1. The van der Waals surface area contributed by atoms with Gasteiger partial charge in [-0.05, 0) is 60.2 Å². The highest BCUT2D eigenvalue weighted by atomic mass is 35.5. The molecule has 0 heterocycles. The summed E-state index contributed by atoms with van der Waals surface area (Å²) in [5.74, 6) is -0.452. The van der Waals surface area contributed by atoms with Crippen LogP contribution in [0.4, 0.5) is 5.69 Å². The van der Waals surface area contributed by atoms with Crippen molar-refractivity contribution < 1.29 is 18.0 Å². The predicted octanol–water partition coefficient (Wildman–Crippen LogP) is 5.61. The zero-order chi connectivity index (χ0) is 29.8. The van der Waals surface area contributed by atoms with E-state index in [-0.39, 0.29) is 31.3 Å². The topological polar surface area (TPSA) is 86.8 Å². The Morgan fingerprint density at radius 3 is 2.20 bits per heavy atom. The molecule has 41 heavy (non-hydrogen) atoms. The summed E-state index contributed by atoms with van der Waals surface area (Å²) in [5, 5.41) is 3.51. The molecule has 0 aliphatic carbocycles. The third kappa shape index (κ3) is 9.90. The third-order valence-corrected chi connectivity index (χ3v) is 8.28. The lowest BCUT2D eigenvalue weighted by Gasteiger charge is -2.32. The molecule has 3 rings (SSSR count). The summed E-state index contributed by atoms with van der Waals surface area (Å²) in [6.07, 6.45) is 3.51. The smallest absolute Gasteiger partial charge is 0.243 e. The third-order valence-electron chi connectivity index (χ3n) is 6.85. The number of carbonyl (C=O) groups excluding carboxylic acids is 2. The Bertz CT molecular complexity index is 1380. The molecule has 1 atom stereocenters. The van der Waals surface area contributed by atoms with Gasteiger partial charge in [-0.1, -0.05) is 80.0 Å². The highest BCUT2D eigenvalue weighted by molar-refractivity contribution is 7.92. The Kier molecular flexibility index (Phi) is 12.2. The second kappa shape index (κ2) is 15.6. The number of carbonyl (C=O) groups is 2. The van der Waals surface area contributed by atoms with Crippen molar-refractivity contribution in [1.29, 1.82) is 0 Å². The van der Waals surface area contributed by atoms with Gasteiger partial charge in [-0.2, -0.15) is 0 Å². The molecule has 7 nitrogen and oxygen atoms in total. The SMILES string of the molecule is CCCNC(=O)[C@@H](Cc1ccccc1)N(Cc1cccc(Cl)c1)C(=O)CCCN(c1ccc(CC)cc1)S(C)(=O)=O. The molecule has 3 aromatic carbocycles. The van der Waals surface area contributed by atoms with Crippen LogP contribution in [-0.2, 0) is 39.0 Å². The van der Waals surface area contributed by atoms with Crippen molar-refractivity contribution in [1.82, 2.24) is 10.2 Å². The van der Waals surface area contributed by atoms with E-state index >= 15 is 0 Å². The summed E-state index contributed by atoms with van der Waals surface area (Å²) in [7, 11) is -3.56. The van der Waals surface area contributed by atoms with Gasteiger partial charge in [0.1, 0.15) is 6.04 Å². The van der Waals surface area contributed by atoms with Crippen LogP contribution in [0.15, 0.2) is 78.9 Å². The molecule has 0 radical (unpaired) electrons. The maximum absolute atomic E-state index is 13.8. The zero-order valence-electron chi connectivity index (χ0n) is 24.1. The van der Waals surface area contributed by atoms with Crippen LogP contribution in [0.2, 0.25) is 5.02 Å². The van der Waals surface area contributed by atoms with Gasteiger partial charge in [0, 0.05) is 37.5 Å². The van der Waals surface area contributed by atoms with Crippen LogP contribution < -0.4 is 9.62 Å². The molecule has 0 fully saturated rings. The summed E-state index contributed by atoms with van der Waals surface area (Å²) < 4.78 is 26.6. The lowest BCUT2D eigenvalue weighted by Crippen LogP contribution is -2.50. The van der Waals surface area contributed by atoms with Crippen LogP contribution in [0.1, 0.15) is 49.8 Å². The van der Waals surface area contributed by atoms with E-state index in [1.165, 1.54) is 10.6 Å². The van der Waals surface area contributed by atoms with Crippen LogP contribution >= 0.6 is 11.6 Å². The average molecular weight is 598 g/mol. The lowest BCUT2D eigenvalue weighted by atomic mass is 10.0. The van der Waals surface area contributed by atoms with Gasteiger partial charge >= 0.3 is 0 Å². The maximum atomic E-state index is 13.8. The quantitative estimate of drug-likeness (QED) is 0.247. The number of anilines is 1. The number of amides is 2. The minimum absolute atomic E-state index is 0.0754. The number of hydrogen-bond donors (Lipinski definition) is 1. The van der Waals surface area contributed by atoms with Gasteiger partial charge < -0.3 is 10.2 Å². The van der Waals surface area contributed by atoms with E-state index in [0.717, 1.165) is 29.5 Å². The van der Waals surface area contributed by atoms with E-state index in [2.05, 4.69) is 5.32 Å². The Balaban J connectivity index is 1.86. The van der Waals surface area contributed by atoms with Gasteiger partial charge in [0.2, 0.25) is 21.8 Å². The molecule has 0 unspecified atom stereocenters. The monoisotopic (exact) mass is 597 g/mol. The second-order valence-electron chi connectivity index (χ2n) is 10.1. The Labute approximate surface area is 249 Å². The fraction of sp³-hybridized carbons (Fsp3) is 0.375. The molecule has 0 aliphatic heterocycles. The van der Waals surface area contributed by atoms with Crippen LogP contribution in [-0.4, -0.2) is 50.5 Å². The van der Waals surface area contributed by atoms with Crippen molar-refractivity contribution in [3.63, 3.8) is 0 Å². The van der Waals surface area contributed by atoms with Crippen molar-refractivity contribution in [3.8, 4) is 0 Å². The molecule has 9 heteroatoms. The number of rotatable bonds is 15. The lowest BCUT2D eigenvalue weighted by molar-refractivity contribution is -0.141. The van der Waals surface area contributed by atoms with Crippen molar-refractivity contribution in [2.24, 2.45) is 0 Å². The van der Waals surface area contributed by atoms with E-state index in [9.17, 15) is 18.0 Å². The molecule has 0 aromatic heterocycles. The van der Waals surface area contributed by atoms with Crippen LogP contribution in [0.25, 0.3) is 0 Å². The molecule has 3 aromatic rings. The summed E-state index contributed by atoms with van der Waals surface area (Å²) in [4.78, 5) is 28.9. The van der Waals surface area contributed by atoms with Gasteiger partial charge in [-0.25, -0.2) is 8.42 Å². The summed E-state index contributed by atoms with van der Waals surface area (Å²) in [6, 6.07) is 23.5. The molecule has 1 N–H and O–H groups in total. The average Bonchev–Trinajstić information content (AvgIpc) is 2.95. The maximum Gasteiger partial charge on any atom is 0.243 e. The first-order chi connectivity index (χ1) is 19.6. The molecule has 0 spiro atoms. The number of halogens is 1. The molecule has 0 saturated heterocycles. The van der Waals surface area contributed by atoms with E-state index in [1.54, 1.807) is 29.2 Å². The fourth-order valence-corrected chi connectivity index (χ4v) is 5.83. The first kappa shape index (κ1) is 32.2. The van der Waals surface area contributed by atoms with Gasteiger partial charge in [-0.15, -0.1) is 0 Å². The van der Waals surface area contributed by atoms with E-state index in [0.29, 0.717) is 30.1 Å². The number of nitrogens with zero attached hydrogens (tertiary/aromatic N) is 2. The Morgan fingerprint density at radius 1 is 0.902 bits per heavy atom. The highest BCUT2D eigenvalue weighted by Crippen LogP contribution is 2.22. The second-order valence-corrected chi connectivity index (χ2v) is 12.5. The minimum Gasteiger partial charge on any atom is -0.354 e. The molecule has 220 valence electrons. The van der Waals surface area contributed by atoms with Crippen molar-refractivity contribution in [2.75, 3.05) is 23.7 Å². The summed E-state index contributed by atoms with van der Waals surface area (Å²) >= 11 is 6.24. The van der Waals surface area contributed by atoms with E-state index in [1.807, 2.05) is 68.4 Å². The molecule has 0 saturated carbocycles. The van der Waals surface area contributed by atoms with Crippen molar-refractivity contribution in [2.45, 2.75) is 58.5 Å². The predicted molar refractivity (Wildman–Crippen MR) is 166 cm³/mol. The number of sulfonamides is 1. The van der Waals surface area contributed by atoms with Crippen LogP contribution in [0.5, 0.6) is 0 Å². The molecular formula is C32H40ClN3O4S. The molecule has 2 amide bonds. The Hall–Kier alpha value is -3.36.